The van der Waals surface area contributed by atoms with Crippen LogP contribution in [0.3, 0.4) is 0 Å². The van der Waals surface area contributed by atoms with Gasteiger partial charge >= 0.3 is 0 Å². The van der Waals surface area contributed by atoms with Gasteiger partial charge in [-0.2, -0.15) is 10.4 Å². The number of ketones is 1. The van der Waals surface area contributed by atoms with Gasteiger partial charge in [-0.05, 0) is 38.1 Å². The van der Waals surface area contributed by atoms with E-state index in [1.54, 1.807) is 41.8 Å². The standard InChI is InChI=1S/C23H22N6O2/c1-16-21(17(2)29(26-16)19-6-4-3-5-7-19)22(30)23(31)28-12-10-27(11-13-28)20-14-18(15-24)8-9-25-20/h3-9,14H,10-13H2,1-2H3. The van der Waals surface area contributed by atoms with Gasteiger partial charge in [0.1, 0.15) is 5.82 Å². The summed E-state index contributed by atoms with van der Waals surface area (Å²) in [6.45, 7) is 5.46. The van der Waals surface area contributed by atoms with E-state index in [4.69, 9.17) is 5.26 Å². The Morgan fingerprint density at radius 1 is 1.03 bits per heavy atom. The number of amides is 1. The minimum atomic E-state index is -0.532. The van der Waals surface area contributed by atoms with E-state index in [0.29, 0.717) is 54.5 Å². The molecule has 31 heavy (non-hydrogen) atoms. The zero-order valence-electron chi connectivity index (χ0n) is 17.4. The van der Waals surface area contributed by atoms with Gasteiger partial charge in [0.05, 0.1) is 34.3 Å². The van der Waals surface area contributed by atoms with Crippen molar-refractivity contribution in [3.63, 3.8) is 0 Å². The maximum atomic E-state index is 13.1. The first-order valence-electron chi connectivity index (χ1n) is 10.1. The molecular weight excluding hydrogens is 392 g/mol. The molecular formula is C23H22N6O2. The lowest BCUT2D eigenvalue weighted by Gasteiger charge is -2.35. The highest BCUT2D eigenvalue weighted by molar-refractivity contribution is 6.43. The smallest absolute Gasteiger partial charge is 0.295 e. The van der Waals surface area contributed by atoms with Crippen molar-refractivity contribution in [2.24, 2.45) is 0 Å². The number of benzene rings is 1. The summed E-state index contributed by atoms with van der Waals surface area (Å²) >= 11 is 0. The largest absolute Gasteiger partial charge is 0.353 e. The first-order chi connectivity index (χ1) is 15.0. The van der Waals surface area contributed by atoms with Crippen LogP contribution in [-0.2, 0) is 4.79 Å². The minimum absolute atomic E-state index is 0.361. The molecule has 0 spiro atoms. The second-order valence-corrected chi connectivity index (χ2v) is 7.42. The van der Waals surface area contributed by atoms with Gasteiger partial charge in [-0.25, -0.2) is 9.67 Å². The lowest BCUT2D eigenvalue weighted by Crippen LogP contribution is -2.51. The summed E-state index contributed by atoms with van der Waals surface area (Å²) in [7, 11) is 0. The van der Waals surface area contributed by atoms with Crippen molar-refractivity contribution in [2.75, 3.05) is 31.1 Å². The van der Waals surface area contributed by atoms with Crippen molar-refractivity contribution in [1.29, 1.82) is 5.26 Å². The molecule has 0 saturated carbocycles. The molecule has 0 N–H and O–H groups in total. The van der Waals surface area contributed by atoms with Gasteiger partial charge in [0.2, 0.25) is 0 Å². The fourth-order valence-corrected chi connectivity index (χ4v) is 3.84. The molecule has 156 valence electrons. The number of pyridine rings is 1. The molecule has 1 aliphatic rings. The summed E-state index contributed by atoms with van der Waals surface area (Å²) in [6, 6.07) is 15.0. The number of anilines is 1. The van der Waals surface area contributed by atoms with E-state index >= 15 is 0 Å². The van der Waals surface area contributed by atoms with Crippen molar-refractivity contribution in [3.05, 3.63) is 71.2 Å². The van der Waals surface area contributed by atoms with E-state index in [9.17, 15) is 9.59 Å². The Labute approximate surface area is 180 Å². The number of rotatable bonds is 4. The maximum Gasteiger partial charge on any atom is 0.295 e. The van der Waals surface area contributed by atoms with Crippen LogP contribution < -0.4 is 4.90 Å². The summed E-state index contributed by atoms with van der Waals surface area (Å²) in [5.41, 5.74) is 2.93. The Balaban J connectivity index is 1.48. The zero-order valence-corrected chi connectivity index (χ0v) is 17.4. The maximum absolute atomic E-state index is 13.1. The van der Waals surface area contributed by atoms with Crippen LogP contribution in [0.15, 0.2) is 48.7 Å². The molecule has 8 nitrogen and oxygen atoms in total. The molecule has 1 aromatic carbocycles. The van der Waals surface area contributed by atoms with E-state index in [0.717, 1.165) is 5.69 Å². The SMILES string of the molecule is Cc1nn(-c2ccccc2)c(C)c1C(=O)C(=O)N1CCN(c2cc(C#N)ccn2)CC1. The molecule has 0 bridgehead atoms. The number of carbonyl (C=O) groups is 2. The van der Waals surface area contributed by atoms with Crippen LogP contribution in [0.5, 0.6) is 0 Å². The van der Waals surface area contributed by atoms with Crippen LogP contribution in [-0.4, -0.2) is 57.5 Å². The summed E-state index contributed by atoms with van der Waals surface area (Å²) in [4.78, 5) is 33.9. The monoisotopic (exact) mass is 414 g/mol. The Morgan fingerprint density at radius 2 is 1.74 bits per heavy atom. The number of aromatic nitrogens is 3. The third kappa shape index (κ3) is 3.90. The van der Waals surface area contributed by atoms with Crippen LogP contribution in [0, 0.1) is 25.2 Å². The molecule has 0 atom stereocenters. The minimum Gasteiger partial charge on any atom is -0.353 e. The molecule has 1 aliphatic heterocycles. The van der Waals surface area contributed by atoms with E-state index in [1.165, 1.54) is 0 Å². The van der Waals surface area contributed by atoms with Gasteiger partial charge < -0.3 is 9.80 Å². The Bertz CT molecular complexity index is 1170. The predicted molar refractivity (Wildman–Crippen MR) is 115 cm³/mol. The third-order valence-electron chi connectivity index (χ3n) is 5.48. The molecule has 1 amide bonds. The van der Waals surface area contributed by atoms with E-state index < -0.39 is 11.7 Å². The number of carbonyl (C=O) groups excluding carboxylic acids is 2. The molecule has 0 radical (unpaired) electrons. The van der Waals surface area contributed by atoms with Crippen molar-refractivity contribution in [1.82, 2.24) is 19.7 Å². The van der Waals surface area contributed by atoms with E-state index in [-0.39, 0.29) is 0 Å². The number of hydrogen-bond acceptors (Lipinski definition) is 6. The first kappa shape index (κ1) is 20.3. The molecule has 4 rings (SSSR count). The molecule has 3 aromatic rings. The van der Waals surface area contributed by atoms with Gasteiger partial charge in [-0.1, -0.05) is 18.2 Å². The topological polar surface area (TPSA) is 95.1 Å². The summed E-state index contributed by atoms with van der Waals surface area (Å²) in [5.74, 6) is -0.347. The molecule has 1 saturated heterocycles. The van der Waals surface area contributed by atoms with Crippen LogP contribution in [0.1, 0.15) is 27.3 Å². The molecule has 3 heterocycles. The number of piperazine rings is 1. The average molecular weight is 414 g/mol. The highest BCUT2D eigenvalue weighted by Crippen LogP contribution is 2.20. The number of hydrogen-bond donors (Lipinski definition) is 0. The number of aryl methyl sites for hydroxylation is 1. The van der Waals surface area contributed by atoms with Gasteiger partial charge in [-0.15, -0.1) is 0 Å². The average Bonchev–Trinajstić information content (AvgIpc) is 3.12. The molecule has 1 fully saturated rings. The third-order valence-corrected chi connectivity index (χ3v) is 5.48. The number of Topliss-reactive ketones (excluding diaryl/α,β-unsaturated/α-hetero) is 1. The number of nitrogens with zero attached hydrogens (tertiary/aromatic N) is 6. The van der Waals surface area contributed by atoms with Crippen molar-refractivity contribution < 1.29 is 9.59 Å². The first-order valence-corrected chi connectivity index (χ1v) is 10.1. The highest BCUT2D eigenvalue weighted by atomic mass is 16.2. The fraction of sp³-hybridized carbons (Fsp3) is 0.261. The van der Waals surface area contributed by atoms with E-state index in [2.05, 4.69) is 16.2 Å². The summed E-state index contributed by atoms with van der Waals surface area (Å²) < 4.78 is 1.70. The van der Waals surface area contributed by atoms with Crippen LogP contribution >= 0.6 is 0 Å². The van der Waals surface area contributed by atoms with Crippen molar-refractivity contribution in [2.45, 2.75) is 13.8 Å². The molecule has 0 aliphatic carbocycles. The van der Waals surface area contributed by atoms with E-state index in [1.807, 2.05) is 35.2 Å². The Hall–Kier alpha value is -3.99. The van der Waals surface area contributed by atoms with Gasteiger partial charge in [-0.3, -0.25) is 9.59 Å². The van der Waals surface area contributed by atoms with Crippen LogP contribution in [0.25, 0.3) is 5.69 Å². The predicted octanol–water partition coefficient (Wildman–Crippen LogP) is 2.29. The Kier molecular flexibility index (Phi) is 5.50. The molecule has 2 aromatic heterocycles. The lowest BCUT2D eigenvalue weighted by molar-refractivity contribution is -0.126. The summed E-state index contributed by atoms with van der Waals surface area (Å²) in [6.07, 6.45) is 1.60. The lowest BCUT2D eigenvalue weighted by atomic mass is 10.1. The van der Waals surface area contributed by atoms with Gasteiger partial charge in [0.25, 0.3) is 11.7 Å². The van der Waals surface area contributed by atoms with Crippen LogP contribution in [0.2, 0.25) is 0 Å². The second kappa shape index (κ2) is 8.40. The van der Waals surface area contributed by atoms with Crippen LogP contribution in [0.4, 0.5) is 5.82 Å². The fourth-order valence-electron chi connectivity index (χ4n) is 3.84. The van der Waals surface area contributed by atoms with Crippen molar-refractivity contribution in [3.8, 4) is 11.8 Å². The molecule has 0 unspecified atom stereocenters. The number of para-hydroxylation sites is 1. The second-order valence-electron chi connectivity index (χ2n) is 7.42. The normalized spacial score (nSPS) is 13.7. The highest BCUT2D eigenvalue weighted by Gasteiger charge is 2.31. The van der Waals surface area contributed by atoms with Gasteiger partial charge in [0.15, 0.2) is 0 Å². The van der Waals surface area contributed by atoms with Crippen molar-refractivity contribution >= 4 is 17.5 Å². The summed E-state index contributed by atoms with van der Waals surface area (Å²) in [5, 5.41) is 13.5. The van der Waals surface area contributed by atoms with Gasteiger partial charge in [0, 0.05) is 32.4 Å². The zero-order chi connectivity index (χ0) is 22.0. The Morgan fingerprint density at radius 3 is 2.42 bits per heavy atom. The molecule has 8 heteroatoms. The quantitative estimate of drug-likeness (QED) is 0.480. The number of nitriles is 1.